The highest BCUT2D eigenvalue weighted by molar-refractivity contribution is 5.85. The number of halogens is 3. The van der Waals surface area contributed by atoms with Gasteiger partial charge in [0.2, 0.25) is 0 Å². The van der Waals surface area contributed by atoms with E-state index in [9.17, 15) is 13.2 Å². The molecule has 1 unspecified atom stereocenters. The number of nitrogens with zero attached hydrogens (tertiary/aromatic N) is 1. The highest BCUT2D eigenvalue weighted by atomic mass is 19.3. The Morgan fingerprint density at radius 3 is 2.85 bits per heavy atom. The summed E-state index contributed by atoms with van der Waals surface area (Å²) in [6, 6.07) is 4.71. The molecule has 1 aromatic carbocycles. The van der Waals surface area contributed by atoms with Gasteiger partial charge in [-0.05, 0) is 37.1 Å². The van der Waals surface area contributed by atoms with Crippen LogP contribution in [0.1, 0.15) is 25.1 Å². The first-order valence-corrected chi connectivity index (χ1v) is 6.74. The lowest BCUT2D eigenvalue weighted by Crippen LogP contribution is -2.44. The van der Waals surface area contributed by atoms with Crippen LogP contribution in [-0.2, 0) is 13.0 Å². The Hall–Kier alpha value is -1.49. The Balaban J connectivity index is 1.96. The van der Waals surface area contributed by atoms with Crippen molar-refractivity contribution in [2.75, 3.05) is 6.54 Å². The Morgan fingerprint density at radius 1 is 1.40 bits per heavy atom. The van der Waals surface area contributed by atoms with Crippen molar-refractivity contribution in [1.82, 2.24) is 9.88 Å². The minimum Gasteiger partial charge on any atom is -0.357 e. The molecule has 1 aromatic heterocycles. The van der Waals surface area contributed by atoms with Crippen molar-refractivity contribution in [2.45, 2.75) is 38.8 Å². The van der Waals surface area contributed by atoms with Crippen LogP contribution in [0, 0.1) is 5.82 Å². The average molecular weight is 282 g/mol. The predicted octanol–water partition coefficient (Wildman–Crippen LogP) is 3.71. The van der Waals surface area contributed by atoms with Crippen molar-refractivity contribution >= 4 is 10.9 Å². The van der Waals surface area contributed by atoms with E-state index in [2.05, 4.69) is 4.98 Å². The van der Waals surface area contributed by atoms with Gasteiger partial charge in [0.15, 0.2) is 0 Å². The van der Waals surface area contributed by atoms with E-state index in [-0.39, 0.29) is 18.4 Å². The Morgan fingerprint density at radius 2 is 2.15 bits per heavy atom. The third-order valence-electron chi connectivity index (χ3n) is 3.92. The van der Waals surface area contributed by atoms with E-state index >= 15 is 0 Å². The predicted molar refractivity (Wildman–Crippen MR) is 72.5 cm³/mol. The van der Waals surface area contributed by atoms with Gasteiger partial charge in [0.05, 0.1) is 6.54 Å². The molecule has 20 heavy (non-hydrogen) atoms. The summed E-state index contributed by atoms with van der Waals surface area (Å²) in [6.07, 6.45) is 0.705. The monoisotopic (exact) mass is 282 g/mol. The molecule has 0 saturated carbocycles. The molecule has 3 rings (SSSR count). The molecule has 0 radical (unpaired) electrons. The number of fused-ring (bicyclic) bond motifs is 3. The summed E-state index contributed by atoms with van der Waals surface area (Å²) >= 11 is 0. The number of hydrogen-bond acceptors (Lipinski definition) is 1. The second-order valence-corrected chi connectivity index (χ2v) is 5.80. The van der Waals surface area contributed by atoms with Crippen LogP contribution in [0.3, 0.4) is 0 Å². The van der Waals surface area contributed by atoms with Crippen LogP contribution in [-0.4, -0.2) is 28.4 Å². The van der Waals surface area contributed by atoms with Crippen molar-refractivity contribution in [3.63, 3.8) is 0 Å². The maximum atomic E-state index is 13.2. The summed E-state index contributed by atoms with van der Waals surface area (Å²) in [5.41, 5.74) is 2.79. The molecule has 0 fully saturated rings. The fraction of sp³-hybridized carbons (Fsp3) is 0.467. The van der Waals surface area contributed by atoms with Crippen molar-refractivity contribution < 1.29 is 13.2 Å². The summed E-state index contributed by atoms with van der Waals surface area (Å²) in [5, 5.41) is 0.996. The molecule has 2 heterocycles. The summed E-state index contributed by atoms with van der Waals surface area (Å²) < 4.78 is 39.7. The molecule has 0 saturated heterocycles. The van der Waals surface area contributed by atoms with Crippen molar-refractivity contribution in [1.29, 1.82) is 0 Å². The van der Waals surface area contributed by atoms with Crippen LogP contribution in [0.4, 0.5) is 13.2 Å². The van der Waals surface area contributed by atoms with E-state index in [1.54, 1.807) is 11.0 Å². The summed E-state index contributed by atoms with van der Waals surface area (Å²) in [7, 11) is 0. The topological polar surface area (TPSA) is 19.0 Å². The normalized spacial score (nSPS) is 20.4. The van der Waals surface area contributed by atoms with Crippen LogP contribution >= 0.6 is 0 Å². The minimum atomic E-state index is -2.70. The first kappa shape index (κ1) is 13.5. The van der Waals surface area contributed by atoms with Gasteiger partial charge in [0, 0.05) is 36.1 Å². The third kappa shape index (κ3) is 2.42. The lowest BCUT2D eigenvalue weighted by molar-refractivity contribution is -0.0293. The van der Waals surface area contributed by atoms with Gasteiger partial charge in [-0.3, -0.25) is 4.90 Å². The zero-order valence-electron chi connectivity index (χ0n) is 11.5. The van der Waals surface area contributed by atoms with E-state index in [0.717, 1.165) is 29.1 Å². The SMILES string of the molecule is CC1Cc2c([nH]c3cc(F)ccc23)CN1CC(C)(F)F. The largest absolute Gasteiger partial charge is 0.357 e. The summed E-state index contributed by atoms with van der Waals surface area (Å²) in [5.74, 6) is -3.00. The maximum Gasteiger partial charge on any atom is 0.257 e. The summed E-state index contributed by atoms with van der Waals surface area (Å²) in [4.78, 5) is 4.94. The standard InChI is InChI=1S/C15H17F3N2/c1-9-5-12-11-4-3-10(16)6-13(11)19-14(12)7-20(9)8-15(2,17)18/h3-4,6,9,19H,5,7-8H2,1-2H3. The fourth-order valence-electron chi connectivity index (χ4n) is 3.00. The number of aromatic amines is 1. The molecule has 0 aliphatic carbocycles. The number of rotatable bonds is 2. The Labute approximate surface area is 115 Å². The Bertz CT molecular complexity index is 642. The molecule has 0 bridgehead atoms. The van der Waals surface area contributed by atoms with Gasteiger partial charge in [0.1, 0.15) is 5.82 Å². The molecule has 2 nitrogen and oxygen atoms in total. The van der Waals surface area contributed by atoms with E-state index in [0.29, 0.717) is 13.0 Å². The minimum absolute atomic E-state index is 0.0531. The maximum absolute atomic E-state index is 13.2. The first-order chi connectivity index (χ1) is 9.33. The number of nitrogens with one attached hydrogen (secondary N) is 1. The number of H-pyrrole nitrogens is 1. The van der Waals surface area contributed by atoms with Crippen molar-refractivity contribution in [3.8, 4) is 0 Å². The zero-order valence-corrected chi connectivity index (χ0v) is 11.5. The van der Waals surface area contributed by atoms with Gasteiger partial charge < -0.3 is 4.98 Å². The highest BCUT2D eigenvalue weighted by Crippen LogP contribution is 2.31. The van der Waals surface area contributed by atoms with E-state index < -0.39 is 5.92 Å². The molecular weight excluding hydrogens is 265 g/mol. The lowest BCUT2D eigenvalue weighted by Gasteiger charge is -2.34. The molecule has 5 heteroatoms. The average Bonchev–Trinajstić information content (AvgIpc) is 2.64. The molecule has 108 valence electrons. The van der Waals surface area contributed by atoms with Gasteiger partial charge in [-0.1, -0.05) is 0 Å². The lowest BCUT2D eigenvalue weighted by atomic mass is 9.97. The molecule has 2 aromatic rings. The van der Waals surface area contributed by atoms with Crippen LogP contribution < -0.4 is 0 Å². The van der Waals surface area contributed by atoms with Crippen LogP contribution in [0.2, 0.25) is 0 Å². The van der Waals surface area contributed by atoms with Gasteiger partial charge in [0.25, 0.3) is 5.92 Å². The number of alkyl halides is 2. The summed E-state index contributed by atoms with van der Waals surface area (Å²) in [6.45, 7) is 3.10. The first-order valence-electron chi connectivity index (χ1n) is 6.74. The highest BCUT2D eigenvalue weighted by Gasteiger charge is 2.32. The molecule has 1 aliphatic heterocycles. The van der Waals surface area contributed by atoms with Crippen LogP contribution in [0.15, 0.2) is 18.2 Å². The smallest absolute Gasteiger partial charge is 0.257 e. The van der Waals surface area contributed by atoms with Gasteiger partial charge in [-0.15, -0.1) is 0 Å². The van der Waals surface area contributed by atoms with Crippen LogP contribution in [0.5, 0.6) is 0 Å². The second kappa shape index (κ2) is 4.52. The molecule has 0 spiro atoms. The molecule has 1 atom stereocenters. The van der Waals surface area contributed by atoms with Crippen molar-refractivity contribution in [3.05, 3.63) is 35.3 Å². The quantitative estimate of drug-likeness (QED) is 0.889. The van der Waals surface area contributed by atoms with Gasteiger partial charge in [-0.2, -0.15) is 0 Å². The van der Waals surface area contributed by atoms with E-state index in [1.165, 1.54) is 12.1 Å². The second-order valence-electron chi connectivity index (χ2n) is 5.80. The molecular formula is C15H17F3N2. The zero-order chi connectivity index (χ0) is 14.5. The van der Waals surface area contributed by atoms with Crippen LogP contribution in [0.25, 0.3) is 10.9 Å². The molecule has 1 aliphatic rings. The Kier molecular flexibility index (Phi) is 3.05. The third-order valence-corrected chi connectivity index (χ3v) is 3.92. The van der Waals surface area contributed by atoms with E-state index in [4.69, 9.17) is 0 Å². The number of hydrogen-bond donors (Lipinski definition) is 1. The fourth-order valence-corrected chi connectivity index (χ4v) is 3.00. The number of aromatic nitrogens is 1. The van der Waals surface area contributed by atoms with Crippen molar-refractivity contribution in [2.24, 2.45) is 0 Å². The van der Waals surface area contributed by atoms with Gasteiger partial charge in [-0.25, -0.2) is 13.2 Å². The molecule has 0 amide bonds. The van der Waals surface area contributed by atoms with E-state index in [1.807, 2.05) is 6.92 Å². The molecule has 1 N–H and O–H groups in total. The van der Waals surface area contributed by atoms with Gasteiger partial charge >= 0.3 is 0 Å². The number of benzene rings is 1.